The first kappa shape index (κ1) is 14.1. The molecule has 2 aromatic rings. The molecule has 8 heteroatoms. The van der Waals surface area contributed by atoms with Gasteiger partial charge in [0.15, 0.2) is 0 Å². The molecule has 0 radical (unpaired) electrons. The number of hydrogen-bond acceptors (Lipinski definition) is 5. The fourth-order valence-corrected chi connectivity index (χ4v) is 2.80. The van der Waals surface area contributed by atoms with Crippen LogP contribution in [0.1, 0.15) is 5.56 Å². The average molecular weight is 309 g/mol. The number of anilines is 2. The van der Waals surface area contributed by atoms with Crippen LogP contribution in [0.25, 0.3) is 0 Å². The monoisotopic (exact) mass is 308 g/mol. The summed E-state index contributed by atoms with van der Waals surface area (Å²) in [5.41, 5.74) is 5.91. The maximum atomic E-state index is 12.2. The van der Waals surface area contributed by atoms with E-state index in [2.05, 4.69) is 9.71 Å². The first-order valence-electron chi connectivity index (χ1n) is 5.37. The van der Waals surface area contributed by atoms with Gasteiger partial charge in [0.2, 0.25) is 0 Å². The largest absolute Gasteiger partial charge is 0.398 e. The van der Waals surface area contributed by atoms with Gasteiger partial charge < -0.3 is 5.73 Å². The minimum atomic E-state index is -3.89. The summed E-state index contributed by atoms with van der Waals surface area (Å²) in [7, 11) is -3.89. The summed E-state index contributed by atoms with van der Waals surface area (Å²) < 4.78 is 26.6. The van der Waals surface area contributed by atoms with Gasteiger partial charge in [-0.05, 0) is 30.3 Å². The third kappa shape index (κ3) is 2.99. The second-order valence-corrected chi connectivity index (χ2v) is 5.85. The normalized spacial score (nSPS) is 10.8. The SMILES string of the molecule is N#Cc1ccc(S(=O)(=O)Nc2cccc(Cl)n2)c(N)c1. The van der Waals surface area contributed by atoms with Crippen LogP contribution in [0.2, 0.25) is 5.15 Å². The number of sulfonamides is 1. The van der Waals surface area contributed by atoms with Gasteiger partial charge in [-0.3, -0.25) is 4.72 Å². The van der Waals surface area contributed by atoms with E-state index in [9.17, 15) is 8.42 Å². The number of nitriles is 1. The molecular formula is C12H9ClN4O2S. The van der Waals surface area contributed by atoms with Gasteiger partial charge in [-0.2, -0.15) is 5.26 Å². The molecule has 1 heterocycles. The van der Waals surface area contributed by atoms with E-state index < -0.39 is 10.0 Å². The molecule has 2 rings (SSSR count). The molecule has 0 spiro atoms. The molecule has 102 valence electrons. The van der Waals surface area contributed by atoms with Crippen LogP contribution in [0, 0.1) is 11.3 Å². The zero-order chi connectivity index (χ0) is 14.8. The molecule has 6 nitrogen and oxygen atoms in total. The Labute approximate surface area is 120 Å². The molecule has 0 atom stereocenters. The first-order valence-corrected chi connectivity index (χ1v) is 7.23. The molecule has 0 fully saturated rings. The number of benzene rings is 1. The summed E-state index contributed by atoms with van der Waals surface area (Å²) in [6.07, 6.45) is 0. The number of rotatable bonds is 3. The zero-order valence-corrected chi connectivity index (χ0v) is 11.6. The van der Waals surface area contributed by atoms with Crippen LogP contribution in [0.4, 0.5) is 11.5 Å². The van der Waals surface area contributed by atoms with E-state index in [0.717, 1.165) is 0 Å². The summed E-state index contributed by atoms with van der Waals surface area (Å²) in [6, 6.07) is 10.4. The third-order valence-electron chi connectivity index (χ3n) is 2.38. The van der Waals surface area contributed by atoms with Crippen molar-refractivity contribution in [1.82, 2.24) is 4.98 Å². The van der Waals surface area contributed by atoms with E-state index in [1.54, 1.807) is 6.07 Å². The van der Waals surface area contributed by atoms with E-state index in [4.69, 9.17) is 22.6 Å². The van der Waals surface area contributed by atoms with Crippen molar-refractivity contribution in [1.29, 1.82) is 5.26 Å². The Morgan fingerprint density at radius 1 is 1.30 bits per heavy atom. The molecule has 1 aromatic heterocycles. The molecule has 3 N–H and O–H groups in total. The molecule has 0 bridgehead atoms. The Hall–Kier alpha value is -2.30. The minimum absolute atomic E-state index is 0.0152. The van der Waals surface area contributed by atoms with Crippen LogP contribution in [0.5, 0.6) is 0 Å². The van der Waals surface area contributed by atoms with E-state index in [1.807, 2.05) is 6.07 Å². The van der Waals surface area contributed by atoms with Gasteiger partial charge in [0.05, 0.1) is 17.3 Å². The molecule has 0 unspecified atom stereocenters. The van der Waals surface area contributed by atoms with Crippen molar-refractivity contribution in [2.45, 2.75) is 4.90 Å². The van der Waals surface area contributed by atoms with Crippen LogP contribution in [-0.2, 0) is 10.0 Å². The van der Waals surface area contributed by atoms with E-state index in [0.29, 0.717) is 0 Å². The van der Waals surface area contributed by atoms with Gasteiger partial charge in [0.25, 0.3) is 10.0 Å². The average Bonchev–Trinajstić information content (AvgIpc) is 2.37. The van der Waals surface area contributed by atoms with Crippen LogP contribution in [-0.4, -0.2) is 13.4 Å². The Morgan fingerprint density at radius 2 is 2.05 bits per heavy atom. The number of hydrogen-bond donors (Lipinski definition) is 2. The second-order valence-electron chi connectivity index (χ2n) is 3.82. The lowest BCUT2D eigenvalue weighted by atomic mass is 10.2. The fourth-order valence-electron chi connectivity index (χ4n) is 1.52. The molecule has 0 aliphatic rings. The van der Waals surface area contributed by atoms with E-state index in [1.165, 1.54) is 30.3 Å². The van der Waals surface area contributed by atoms with Crippen molar-refractivity contribution in [2.75, 3.05) is 10.5 Å². The van der Waals surface area contributed by atoms with E-state index >= 15 is 0 Å². The van der Waals surface area contributed by atoms with Gasteiger partial charge in [0, 0.05) is 0 Å². The molecule has 0 aliphatic heterocycles. The highest BCUT2D eigenvalue weighted by Gasteiger charge is 2.18. The van der Waals surface area contributed by atoms with Gasteiger partial charge in [-0.1, -0.05) is 17.7 Å². The van der Waals surface area contributed by atoms with Gasteiger partial charge in [-0.25, -0.2) is 13.4 Å². The number of aromatic nitrogens is 1. The van der Waals surface area contributed by atoms with Crippen molar-refractivity contribution in [3.63, 3.8) is 0 Å². The predicted octanol–water partition coefficient (Wildman–Crippen LogP) is 1.99. The molecule has 0 saturated heterocycles. The highest BCUT2D eigenvalue weighted by molar-refractivity contribution is 7.92. The first-order chi connectivity index (χ1) is 9.42. The zero-order valence-electron chi connectivity index (χ0n) is 10.0. The molecule has 0 amide bonds. The van der Waals surface area contributed by atoms with Crippen LogP contribution < -0.4 is 10.5 Å². The number of nitrogen functional groups attached to an aromatic ring is 1. The summed E-state index contributed by atoms with van der Waals surface area (Å²) in [5.74, 6) is 0.0845. The number of nitrogens with two attached hydrogens (primary N) is 1. The quantitative estimate of drug-likeness (QED) is 0.665. The molecule has 1 aromatic carbocycles. The molecular weight excluding hydrogens is 300 g/mol. The maximum absolute atomic E-state index is 12.2. The Balaban J connectivity index is 2.39. The van der Waals surface area contributed by atoms with Crippen LogP contribution in [0.3, 0.4) is 0 Å². The lowest BCUT2D eigenvalue weighted by Gasteiger charge is -2.09. The predicted molar refractivity (Wildman–Crippen MR) is 75.6 cm³/mol. The van der Waals surface area contributed by atoms with Crippen LogP contribution >= 0.6 is 11.6 Å². The van der Waals surface area contributed by atoms with Gasteiger partial charge in [-0.15, -0.1) is 0 Å². The smallest absolute Gasteiger partial charge is 0.265 e. The van der Waals surface area contributed by atoms with Gasteiger partial charge >= 0.3 is 0 Å². The lowest BCUT2D eigenvalue weighted by Crippen LogP contribution is -2.15. The number of halogens is 1. The van der Waals surface area contributed by atoms with Gasteiger partial charge in [0.1, 0.15) is 15.9 Å². The minimum Gasteiger partial charge on any atom is -0.398 e. The number of pyridine rings is 1. The highest BCUT2D eigenvalue weighted by atomic mass is 35.5. The van der Waals surface area contributed by atoms with Crippen molar-refractivity contribution >= 4 is 33.1 Å². The maximum Gasteiger partial charge on any atom is 0.265 e. The summed E-state index contributed by atoms with van der Waals surface area (Å²) in [5, 5.41) is 8.89. The third-order valence-corrected chi connectivity index (χ3v) is 4.02. The van der Waals surface area contributed by atoms with Crippen molar-refractivity contribution < 1.29 is 8.42 Å². The number of nitrogens with one attached hydrogen (secondary N) is 1. The van der Waals surface area contributed by atoms with Crippen molar-refractivity contribution in [3.8, 4) is 6.07 Å². The van der Waals surface area contributed by atoms with E-state index in [-0.39, 0.29) is 27.1 Å². The number of nitrogens with zero attached hydrogens (tertiary/aromatic N) is 2. The Morgan fingerprint density at radius 3 is 2.65 bits per heavy atom. The summed E-state index contributed by atoms with van der Waals surface area (Å²) in [4.78, 5) is 3.70. The lowest BCUT2D eigenvalue weighted by molar-refractivity contribution is 0.601. The summed E-state index contributed by atoms with van der Waals surface area (Å²) in [6.45, 7) is 0. The standard InChI is InChI=1S/C12H9ClN4O2S/c13-11-2-1-3-12(16-11)17-20(18,19)10-5-4-8(7-14)6-9(10)15/h1-6H,15H2,(H,16,17). The van der Waals surface area contributed by atoms with Crippen molar-refractivity contribution in [2.24, 2.45) is 0 Å². The second kappa shape index (κ2) is 5.36. The Bertz CT molecular complexity index is 799. The molecule has 0 saturated carbocycles. The Kier molecular flexibility index (Phi) is 3.79. The topological polar surface area (TPSA) is 109 Å². The van der Waals surface area contributed by atoms with Crippen LogP contribution in [0.15, 0.2) is 41.3 Å². The fraction of sp³-hybridized carbons (Fsp3) is 0. The highest BCUT2D eigenvalue weighted by Crippen LogP contribution is 2.22. The molecule has 20 heavy (non-hydrogen) atoms. The van der Waals surface area contributed by atoms with Crippen molar-refractivity contribution in [3.05, 3.63) is 47.1 Å². The summed E-state index contributed by atoms with van der Waals surface area (Å²) >= 11 is 5.68. The molecule has 0 aliphatic carbocycles.